The normalized spacial score (nSPS) is 10.5. The van der Waals surface area contributed by atoms with E-state index in [4.69, 9.17) is 4.74 Å². The Bertz CT molecular complexity index is 681. The predicted octanol–water partition coefficient (Wildman–Crippen LogP) is 4.14. The molecule has 0 aliphatic heterocycles. The molecule has 122 valence electrons. The van der Waals surface area contributed by atoms with Crippen LogP contribution in [0.3, 0.4) is 0 Å². The van der Waals surface area contributed by atoms with Crippen molar-refractivity contribution < 1.29 is 9.53 Å². The van der Waals surface area contributed by atoms with E-state index in [0.717, 1.165) is 17.1 Å². The maximum atomic E-state index is 12.1. The van der Waals surface area contributed by atoms with E-state index in [1.807, 2.05) is 56.3 Å². The van der Waals surface area contributed by atoms with Crippen LogP contribution in [0.5, 0.6) is 5.75 Å². The molecule has 0 saturated carbocycles. The standard InChI is InChI=1S/C19H24N2O2/c1-13(2)23-18-7-5-6-17(11-18)21-19(22)12-20-16-9-8-14(3)15(4)10-16/h5-11,13,20H,12H2,1-4H3,(H,21,22). The predicted molar refractivity (Wildman–Crippen MR) is 95.2 cm³/mol. The van der Waals surface area contributed by atoms with E-state index < -0.39 is 0 Å². The summed E-state index contributed by atoms with van der Waals surface area (Å²) >= 11 is 0. The second-order valence-corrected chi connectivity index (χ2v) is 5.90. The molecule has 0 bridgehead atoms. The van der Waals surface area contributed by atoms with Crippen LogP contribution in [-0.4, -0.2) is 18.6 Å². The fraction of sp³-hybridized carbons (Fsp3) is 0.316. The third-order valence-electron chi connectivity index (χ3n) is 3.45. The van der Waals surface area contributed by atoms with Crippen molar-refractivity contribution in [1.82, 2.24) is 0 Å². The van der Waals surface area contributed by atoms with Gasteiger partial charge in [-0.1, -0.05) is 12.1 Å². The van der Waals surface area contributed by atoms with Crippen molar-refractivity contribution in [2.24, 2.45) is 0 Å². The van der Waals surface area contributed by atoms with Gasteiger partial charge >= 0.3 is 0 Å². The second kappa shape index (κ2) is 7.68. The van der Waals surface area contributed by atoms with Crippen LogP contribution in [0.4, 0.5) is 11.4 Å². The zero-order valence-corrected chi connectivity index (χ0v) is 14.1. The summed E-state index contributed by atoms with van der Waals surface area (Å²) in [5, 5.41) is 6.01. The van der Waals surface area contributed by atoms with Crippen LogP contribution in [0.25, 0.3) is 0 Å². The Balaban J connectivity index is 1.90. The van der Waals surface area contributed by atoms with Crippen molar-refractivity contribution in [3.63, 3.8) is 0 Å². The van der Waals surface area contributed by atoms with Crippen molar-refractivity contribution in [2.45, 2.75) is 33.8 Å². The second-order valence-electron chi connectivity index (χ2n) is 5.90. The number of carbonyl (C=O) groups is 1. The van der Waals surface area contributed by atoms with Crippen LogP contribution < -0.4 is 15.4 Å². The number of nitrogens with one attached hydrogen (secondary N) is 2. The summed E-state index contributed by atoms with van der Waals surface area (Å²) in [6, 6.07) is 13.5. The highest BCUT2D eigenvalue weighted by atomic mass is 16.5. The molecule has 4 heteroatoms. The largest absolute Gasteiger partial charge is 0.491 e. The van der Waals surface area contributed by atoms with E-state index >= 15 is 0 Å². The molecule has 0 heterocycles. The lowest BCUT2D eigenvalue weighted by Crippen LogP contribution is -2.21. The van der Waals surface area contributed by atoms with Gasteiger partial charge in [0.05, 0.1) is 12.6 Å². The minimum Gasteiger partial charge on any atom is -0.491 e. The van der Waals surface area contributed by atoms with Gasteiger partial charge in [0.15, 0.2) is 0 Å². The fourth-order valence-corrected chi connectivity index (χ4v) is 2.16. The molecule has 2 aromatic carbocycles. The van der Waals surface area contributed by atoms with Gasteiger partial charge < -0.3 is 15.4 Å². The first kappa shape index (κ1) is 16.9. The molecule has 4 nitrogen and oxygen atoms in total. The van der Waals surface area contributed by atoms with Crippen molar-refractivity contribution in [3.8, 4) is 5.75 Å². The molecule has 23 heavy (non-hydrogen) atoms. The Hall–Kier alpha value is -2.49. The van der Waals surface area contributed by atoms with Gasteiger partial charge in [-0.05, 0) is 63.1 Å². The summed E-state index contributed by atoms with van der Waals surface area (Å²) in [6.45, 7) is 8.29. The van der Waals surface area contributed by atoms with Crippen LogP contribution in [0.1, 0.15) is 25.0 Å². The molecule has 0 radical (unpaired) electrons. The van der Waals surface area contributed by atoms with Crippen molar-refractivity contribution in [3.05, 3.63) is 53.6 Å². The number of ether oxygens (including phenoxy) is 1. The van der Waals surface area contributed by atoms with Gasteiger partial charge in [0.25, 0.3) is 0 Å². The molecule has 0 aromatic heterocycles. The molecule has 0 aliphatic carbocycles. The smallest absolute Gasteiger partial charge is 0.243 e. The Kier molecular flexibility index (Phi) is 5.63. The lowest BCUT2D eigenvalue weighted by atomic mass is 10.1. The van der Waals surface area contributed by atoms with E-state index in [2.05, 4.69) is 24.5 Å². The third kappa shape index (κ3) is 5.33. The summed E-state index contributed by atoms with van der Waals surface area (Å²) in [4.78, 5) is 12.1. The number of carbonyl (C=O) groups excluding carboxylic acids is 1. The van der Waals surface area contributed by atoms with Gasteiger partial charge in [-0.15, -0.1) is 0 Å². The molecule has 0 atom stereocenters. The fourth-order valence-electron chi connectivity index (χ4n) is 2.16. The lowest BCUT2D eigenvalue weighted by Gasteiger charge is -2.12. The first-order chi connectivity index (χ1) is 10.9. The van der Waals surface area contributed by atoms with E-state index in [-0.39, 0.29) is 18.6 Å². The van der Waals surface area contributed by atoms with Crippen molar-refractivity contribution in [1.29, 1.82) is 0 Å². The Morgan fingerprint density at radius 2 is 1.83 bits per heavy atom. The average molecular weight is 312 g/mol. The molecule has 2 aromatic rings. The number of amides is 1. The zero-order chi connectivity index (χ0) is 16.8. The topological polar surface area (TPSA) is 50.4 Å². The van der Waals surface area contributed by atoms with Gasteiger partial charge in [0.2, 0.25) is 5.91 Å². The summed E-state index contributed by atoms with van der Waals surface area (Å²) in [5.74, 6) is 0.657. The molecule has 1 amide bonds. The molecular formula is C19H24N2O2. The van der Waals surface area contributed by atoms with Gasteiger partial charge in [-0.3, -0.25) is 4.79 Å². The Morgan fingerprint density at radius 3 is 2.52 bits per heavy atom. The molecule has 0 aliphatic rings. The SMILES string of the molecule is Cc1ccc(NCC(=O)Nc2cccc(OC(C)C)c2)cc1C. The van der Waals surface area contributed by atoms with Crippen molar-refractivity contribution in [2.75, 3.05) is 17.2 Å². The van der Waals surface area contributed by atoms with Crippen LogP contribution in [0, 0.1) is 13.8 Å². The molecule has 0 fully saturated rings. The summed E-state index contributed by atoms with van der Waals surface area (Å²) in [7, 11) is 0. The van der Waals surface area contributed by atoms with Gasteiger partial charge in [-0.25, -0.2) is 0 Å². The first-order valence-electron chi connectivity index (χ1n) is 7.82. The third-order valence-corrected chi connectivity index (χ3v) is 3.45. The lowest BCUT2D eigenvalue weighted by molar-refractivity contribution is -0.114. The number of aryl methyl sites for hydroxylation is 2. The highest BCUT2D eigenvalue weighted by molar-refractivity contribution is 5.93. The highest BCUT2D eigenvalue weighted by Crippen LogP contribution is 2.18. The van der Waals surface area contributed by atoms with Gasteiger partial charge in [0.1, 0.15) is 5.75 Å². The number of rotatable bonds is 6. The average Bonchev–Trinajstić information content (AvgIpc) is 2.48. The summed E-state index contributed by atoms with van der Waals surface area (Å²) in [5.41, 5.74) is 4.12. The van der Waals surface area contributed by atoms with E-state index in [1.54, 1.807) is 0 Å². The maximum Gasteiger partial charge on any atom is 0.243 e. The number of hydrogen-bond donors (Lipinski definition) is 2. The van der Waals surface area contributed by atoms with Crippen molar-refractivity contribution >= 4 is 17.3 Å². The maximum absolute atomic E-state index is 12.1. The molecular weight excluding hydrogens is 288 g/mol. The van der Waals surface area contributed by atoms with Gasteiger partial charge in [-0.2, -0.15) is 0 Å². The van der Waals surface area contributed by atoms with Crippen LogP contribution in [-0.2, 0) is 4.79 Å². The van der Waals surface area contributed by atoms with Gasteiger partial charge in [0, 0.05) is 17.4 Å². The first-order valence-corrected chi connectivity index (χ1v) is 7.82. The minimum absolute atomic E-state index is 0.0927. The number of hydrogen-bond acceptors (Lipinski definition) is 3. The summed E-state index contributed by atoms with van der Waals surface area (Å²) in [6.07, 6.45) is 0.104. The molecule has 2 N–H and O–H groups in total. The Morgan fingerprint density at radius 1 is 1.04 bits per heavy atom. The van der Waals surface area contributed by atoms with E-state index in [0.29, 0.717) is 0 Å². The number of anilines is 2. The van der Waals surface area contributed by atoms with E-state index in [9.17, 15) is 4.79 Å². The zero-order valence-electron chi connectivity index (χ0n) is 14.1. The monoisotopic (exact) mass is 312 g/mol. The van der Waals surface area contributed by atoms with Crippen LogP contribution >= 0.6 is 0 Å². The van der Waals surface area contributed by atoms with Crippen LogP contribution in [0.2, 0.25) is 0 Å². The van der Waals surface area contributed by atoms with Crippen LogP contribution in [0.15, 0.2) is 42.5 Å². The molecule has 2 rings (SSSR count). The highest BCUT2D eigenvalue weighted by Gasteiger charge is 2.05. The Labute approximate surface area is 137 Å². The molecule has 0 spiro atoms. The van der Waals surface area contributed by atoms with E-state index in [1.165, 1.54) is 11.1 Å². The summed E-state index contributed by atoms with van der Waals surface area (Å²) < 4.78 is 5.62. The molecule has 0 unspecified atom stereocenters. The minimum atomic E-state index is -0.0927. The molecule has 0 saturated heterocycles. The quantitative estimate of drug-likeness (QED) is 0.843. The number of benzene rings is 2.